The van der Waals surface area contributed by atoms with Crippen molar-refractivity contribution in [3.8, 4) is 6.07 Å². The number of benzene rings is 1. The van der Waals surface area contributed by atoms with Crippen LogP contribution in [0, 0.1) is 11.3 Å². The highest BCUT2D eigenvalue weighted by Crippen LogP contribution is 2.10. The first-order chi connectivity index (χ1) is 8.20. The van der Waals surface area contributed by atoms with E-state index in [1.807, 2.05) is 24.3 Å². The Kier molecular flexibility index (Phi) is 2.83. The van der Waals surface area contributed by atoms with Gasteiger partial charge in [-0.25, -0.2) is 9.78 Å². The van der Waals surface area contributed by atoms with Crippen LogP contribution in [0.15, 0.2) is 29.4 Å². The van der Waals surface area contributed by atoms with Gasteiger partial charge in [-0.1, -0.05) is 17.3 Å². The summed E-state index contributed by atoms with van der Waals surface area (Å²) < 4.78 is 0. The van der Waals surface area contributed by atoms with E-state index in [4.69, 9.17) is 5.26 Å². The second-order valence-corrected chi connectivity index (χ2v) is 3.24. The van der Waals surface area contributed by atoms with Gasteiger partial charge in [-0.2, -0.15) is 5.26 Å². The number of H-pyrrole nitrogens is 1. The van der Waals surface area contributed by atoms with Crippen molar-refractivity contribution < 1.29 is 9.63 Å². The molecule has 0 radical (unpaired) electrons. The molecule has 0 aliphatic carbocycles. The summed E-state index contributed by atoms with van der Waals surface area (Å²) in [5, 5.41) is 12.3. The first-order valence-corrected chi connectivity index (χ1v) is 4.81. The molecule has 17 heavy (non-hydrogen) atoms. The van der Waals surface area contributed by atoms with Crippen LogP contribution in [0.4, 0.5) is 0 Å². The number of rotatable bonds is 2. The summed E-state index contributed by atoms with van der Waals surface area (Å²) in [6.45, 7) is 1.21. The number of nitrogens with zero attached hydrogens (tertiary/aromatic N) is 3. The van der Waals surface area contributed by atoms with E-state index in [2.05, 4.69) is 20.0 Å². The molecule has 2 aromatic rings. The summed E-state index contributed by atoms with van der Waals surface area (Å²) in [5.74, 6) is -0.316. The third-order valence-electron chi connectivity index (χ3n) is 1.99. The lowest BCUT2D eigenvalue weighted by Crippen LogP contribution is -2.03. The minimum Gasteiger partial charge on any atom is -0.336 e. The number of nitriles is 1. The van der Waals surface area contributed by atoms with E-state index in [9.17, 15) is 4.79 Å². The predicted octanol–water partition coefficient (Wildman–Crippen LogP) is 1.35. The molecule has 6 heteroatoms. The second kappa shape index (κ2) is 4.45. The van der Waals surface area contributed by atoms with Crippen LogP contribution in [-0.2, 0) is 9.63 Å². The van der Waals surface area contributed by atoms with Crippen molar-refractivity contribution in [3.05, 3.63) is 30.1 Å². The lowest BCUT2D eigenvalue weighted by Gasteiger charge is -1.91. The second-order valence-electron chi connectivity index (χ2n) is 3.24. The predicted molar refractivity (Wildman–Crippen MR) is 60.0 cm³/mol. The van der Waals surface area contributed by atoms with Crippen molar-refractivity contribution in [1.29, 1.82) is 5.26 Å². The van der Waals surface area contributed by atoms with Gasteiger partial charge in [0.05, 0.1) is 11.0 Å². The maximum absolute atomic E-state index is 10.6. The Morgan fingerprint density at radius 3 is 2.94 bits per heavy atom. The molecule has 0 bridgehead atoms. The van der Waals surface area contributed by atoms with Gasteiger partial charge in [-0.05, 0) is 12.1 Å². The highest BCUT2D eigenvalue weighted by Gasteiger charge is 2.09. The lowest BCUT2D eigenvalue weighted by atomic mass is 10.3. The molecule has 84 valence electrons. The van der Waals surface area contributed by atoms with Crippen molar-refractivity contribution >= 4 is 22.7 Å². The van der Waals surface area contributed by atoms with Gasteiger partial charge in [-0.3, -0.25) is 0 Å². The summed E-state index contributed by atoms with van der Waals surface area (Å²) in [7, 11) is 0. The van der Waals surface area contributed by atoms with Gasteiger partial charge < -0.3 is 9.82 Å². The number of para-hydroxylation sites is 2. The Morgan fingerprint density at radius 2 is 2.29 bits per heavy atom. The van der Waals surface area contributed by atoms with E-state index in [0.29, 0.717) is 5.52 Å². The molecule has 0 saturated heterocycles. The number of oxime groups is 1. The zero-order chi connectivity index (χ0) is 12.3. The SMILES string of the molecule is CC(=O)O/N=C(\C#N)c1nc2ccccc2[nH]1. The smallest absolute Gasteiger partial charge is 0.332 e. The van der Waals surface area contributed by atoms with E-state index in [1.165, 1.54) is 6.92 Å². The number of fused-ring (bicyclic) bond motifs is 1. The van der Waals surface area contributed by atoms with E-state index >= 15 is 0 Å². The van der Waals surface area contributed by atoms with Gasteiger partial charge in [0.2, 0.25) is 5.71 Å². The lowest BCUT2D eigenvalue weighted by molar-refractivity contribution is -0.140. The van der Waals surface area contributed by atoms with Crippen LogP contribution < -0.4 is 0 Å². The van der Waals surface area contributed by atoms with Crippen LogP contribution in [0.5, 0.6) is 0 Å². The number of carbonyl (C=O) groups is 1. The van der Waals surface area contributed by atoms with Crippen LogP contribution in [0.1, 0.15) is 12.7 Å². The van der Waals surface area contributed by atoms with Crippen LogP contribution >= 0.6 is 0 Å². The van der Waals surface area contributed by atoms with E-state index in [1.54, 1.807) is 6.07 Å². The Balaban J connectivity index is 2.41. The standard InChI is InChI=1S/C11H8N4O2/c1-7(16)17-15-10(6-12)11-13-8-4-2-3-5-9(8)14-11/h2-5H,1H3,(H,13,14)/b15-10+. The topological polar surface area (TPSA) is 91.1 Å². The van der Waals surface area contributed by atoms with Crippen molar-refractivity contribution in [2.45, 2.75) is 6.92 Å². The molecule has 1 aromatic carbocycles. The average Bonchev–Trinajstić information content (AvgIpc) is 2.72. The molecule has 6 nitrogen and oxygen atoms in total. The fourth-order valence-electron chi connectivity index (χ4n) is 1.29. The first-order valence-electron chi connectivity index (χ1n) is 4.81. The highest BCUT2D eigenvalue weighted by atomic mass is 16.7. The molecule has 0 atom stereocenters. The van der Waals surface area contributed by atoms with E-state index < -0.39 is 5.97 Å². The molecule has 2 rings (SSSR count). The summed E-state index contributed by atoms with van der Waals surface area (Å²) in [5.41, 5.74) is 1.43. The van der Waals surface area contributed by atoms with Gasteiger partial charge in [0.1, 0.15) is 6.07 Å². The molecular weight excluding hydrogens is 220 g/mol. The molecule has 1 N–H and O–H groups in total. The molecule has 1 heterocycles. The zero-order valence-electron chi connectivity index (χ0n) is 8.97. The minimum atomic E-state index is -0.589. The summed E-state index contributed by atoms with van der Waals surface area (Å²) in [6, 6.07) is 9.12. The van der Waals surface area contributed by atoms with Crippen molar-refractivity contribution in [2.75, 3.05) is 0 Å². The maximum Gasteiger partial charge on any atom is 0.332 e. The van der Waals surface area contributed by atoms with Crippen LogP contribution in [-0.4, -0.2) is 21.6 Å². The molecule has 0 unspecified atom stereocenters. The summed E-state index contributed by atoms with van der Waals surface area (Å²) in [6.07, 6.45) is 0. The number of hydrogen-bond acceptors (Lipinski definition) is 5. The fraction of sp³-hybridized carbons (Fsp3) is 0.0909. The van der Waals surface area contributed by atoms with Crippen molar-refractivity contribution in [2.24, 2.45) is 5.16 Å². The largest absolute Gasteiger partial charge is 0.336 e. The van der Waals surface area contributed by atoms with Gasteiger partial charge in [-0.15, -0.1) is 0 Å². The number of aromatic amines is 1. The van der Waals surface area contributed by atoms with E-state index in [-0.39, 0.29) is 11.5 Å². The minimum absolute atomic E-state index is 0.0728. The quantitative estimate of drug-likeness (QED) is 0.477. The number of aromatic nitrogens is 2. The summed E-state index contributed by atoms with van der Waals surface area (Å²) >= 11 is 0. The van der Waals surface area contributed by atoms with Gasteiger partial charge in [0, 0.05) is 6.92 Å². The molecular formula is C11H8N4O2. The molecule has 1 aromatic heterocycles. The van der Waals surface area contributed by atoms with Crippen molar-refractivity contribution in [1.82, 2.24) is 9.97 Å². The van der Waals surface area contributed by atoms with Gasteiger partial charge in [0.15, 0.2) is 5.82 Å². The fourth-order valence-corrected chi connectivity index (χ4v) is 1.29. The first kappa shape index (κ1) is 10.8. The number of carbonyl (C=O) groups excluding carboxylic acids is 1. The Labute approximate surface area is 96.5 Å². The zero-order valence-corrected chi connectivity index (χ0v) is 8.97. The normalized spacial score (nSPS) is 11.2. The Hall–Kier alpha value is -2.68. The Bertz CT molecular complexity index is 603. The molecule has 0 spiro atoms. The van der Waals surface area contributed by atoms with Crippen LogP contribution in [0.2, 0.25) is 0 Å². The molecule has 0 aliphatic heterocycles. The molecule has 0 fully saturated rings. The monoisotopic (exact) mass is 228 g/mol. The Morgan fingerprint density at radius 1 is 1.53 bits per heavy atom. The van der Waals surface area contributed by atoms with E-state index in [0.717, 1.165) is 5.52 Å². The molecule has 0 saturated carbocycles. The third-order valence-corrected chi connectivity index (χ3v) is 1.99. The maximum atomic E-state index is 10.6. The van der Waals surface area contributed by atoms with Crippen LogP contribution in [0.25, 0.3) is 11.0 Å². The number of imidazole rings is 1. The van der Waals surface area contributed by atoms with Crippen molar-refractivity contribution in [3.63, 3.8) is 0 Å². The number of nitrogens with one attached hydrogen (secondary N) is 1. The summed E-state index contributed by atoms with van der Waals surface area (Å²) in [4.78, 5) is 22.1. The molecule has 0 amide bonds. The van der Waals surface area contributed by atoms with Crippen LogP contribution in [0.3, 0.4) is 0 Å². The number of hydrogen-bond donors (Lipinski definition) is 1. The average molecular weight is 228 g/mol. The highest BCUT2D eigenvalue weighted by molar-refractivity contribution is 6.10. The molecule has 0 aliphatic rings. The van der Waals surface area contributed by atoms with Gasteiger partial charge >= 0.3 is 5.97 Å². The third kappa shape index (κ3) is 2.29. The van der Waals surface area contributed by atoms with Gasteiger partial charge in [0.25, 0.3) is 0 Å².